The molecule has 6 nitrogen and oxygen atoms in total. The van der Waals surface area contributed by atoms with Gasteiger partial charge in [-0.2, -0.15) is 5.26 Å². The number of para-hydroxylation sites is 2. The van der Waals surface area contributed by atoms with E-state index in [9.17, 15) is 20.2 Å². The van der Waals surface area contributed by atoms with Gasteiger partial charge in [0.05, 0.1) is 11.0 Å². The molecule has 0 saturated heterocycles. The van der Waals surface area contributed by atoms with Gasteiger partial charge in [0, 0.05) is 6.07 Å². The van der Waals surface area contributed by atoms with Gasteiger partial charge >= 0.3 is 0 Å². The number of benzene rings is 1. The van der Waals surface area contributed by atoms with Crippen LogP contribution in [0.2, 0.25) is 0 Å². The third kappa shape index (κ3) is 3.19. The molecule has 1 amide bonds. The van der Waals surface area contributed by atoms with Gasteiger partial charge in [-0.25, -0.2) is 0 Å². The Labute approximate surface area is 122 Å². The second-order valence-corrected chi connectivity index (χ2v) is 5.34. The van der Waals surface area contributed by atoms with E-state index >= 15 is 0 Å². The van der Waals surface area contributed by atoms with Gasteiger partial charge in [-0.15, -0.1) is 0 Å². The highest BCUT2D eigenvalue weighted by Crippen LogP contribution is 2.36. The van der Waals surface area contributed by atoms with Crippen molar-refractivity contribution in [3.05, 3.63) is 34.4 Å². The smallest absolute Gasteiger partial charge is 0.292 e. The lowest BCUT2D eigenvalue weighted by Crippen LogP contribution is -2.34. The topological polar surface area (TPSA) is 96.0 Å². The van der Waals surface area contributed by atoms with E-state index in [-0.39, 0.29) is 11.4 Å². The molecule has 1 aliphatic rings. The second kappa shape index (κ2) is 6.35. The summed E-state index contributed by atoms with van der Waals surface area (Å²) in [5.74, 6) is -0.429. The van der Waals surface area contributed by atoms with E-state index < -0.39 is 16.2 Å². The van der Waals surface area contributed by atoms with Gasteiger partial charge in [0.15, 0.2) is 0 Å². The number of nitrogens with one attached hydrogen (secondary N) is 1. The first-order valence-corrected chi connectivity index (χ1v) is 7.05. The number of nitriles is 1. The number of hydrogen-bond acceptors (Lipinski definition) is 4. The van der Waals surface area contributed by atoms with Crippen LogP contribution in [-0.4, -0.2) is 10.8 Å². The highest BCUT2D eigenvalue weighted by Gasteiger charge is 2.39. The van der Waals surface area contributed by atoms with Crippen LogP contribution in [-0.2, 0) is 4.79 Å². The minimum atomic E-state index is -1.07. The maximum absolute atomic E-state index is 12.5. The van der Waals surface area contributed by atoms with Crippen molar-refractivity contribution in [3.8, 4) is 6.07 Å². The second-order valence-electron chi connectivity index (χ2n) is 5.34. The highest BCUT2D eigenvalue weighted by molar-refractivity contribution is 5.98. The SMILES string of the molecule is N#CC1(C(=O)Nc2ccccc2[N+](=O)[O-])CCCCCC1. The van der Waals surface area contributed by atoms with Gasteiger partial charge in [-0.05, 0) is 18.9 Å². The molecule has 0 heterocycles. The largest absolute Gasteiger partial charge is 0.319 e. The van der Waals surface area contributed by atoms with Crippen LogP contribution in [0.1, 0.15) is 38.5 Å². The normalized spacial score (nSPS) is 17.3. The summed E-state index contributed by atoms with van der Waals surface area (Å²) in [7, 11) is 0. The number of carbonyl (C=O) groups is 1. The monoisotopic (exact) mass is 287 g/mol. The zero-order chi connectivity index (χ0) is 15.3. The molecule has 0 radical (unpaired) electrons. The Hall–Kier alpha value is -2.42. The lowest BCUT2D eigenvalue weighted by Gasteiger charge is -2.23. The molecule has 0 aliphatic heterocycles. The summed E-state index contributed by atoms with van der Waals surface area (Å²) < 4.78 is 0. The minimum Gasteiger partial charge on any atom is -0.319 e. The van der Waals surface area contributed by atoms with Crippen molar-refractivity contribution in [2.24, 2.45) is 5.41 Å². The molecule has 0 spiro atoms. The molecule has 0 aromatic heterocycles. The van der Waals surface area contributed by atoms with Gasteiger partial charge in [0.1, 0.15) is 11.1 Å². The van der Waals surface area contributed by atoms with Crippen LogP contribution in [0.15, 0.2) is 24.3 Å². The van der Waals surface area contributed by atoms with Crippen molar-refractivity contribution in [2.75, 3.05) is 5.32 Å². The van der Waals surface area contributed by atoms with Crippen LogP contribution in [0.25, 0.3) is 0 Å². The van der Waals surface area contributed by atoms with Crippen LogP contribution in [0, 0.1) is 26.9 Å². The number of nitro groups is 1. The van der Waals surface area contributed by atoms with E-state index in [1.165, 1.54) is 12.1 Å². The summed E-state index contributed by atoms with van der Waals surface area (Å²) in [6, 6.07) is 8.12. The van der Waals surface area contributed by atoms with Gasteiger partial charge in [-0.1, -0.05) is 37.8 Å². The standard InChI is InChI=1S/C15H17N3O3/c16-11-15(9-5-1-2-6-10-15)14(19)17-12-7-3-4-8-13(12)18(20)21/h3-4,7-8H,1-2,5-6,9-10H2,(H,17,19). The summed E-state index contributed by atoms with van der Waals surface area (Å²) in [5, 5.41) is 23.0. The fraction of sp³-hybridized carbons (Fsp3) is 0.467. The molecular formula is C15H17N3O3. The quantitative estimate of drug-likeness (QED) is 0.523. The fourth-order valence-corrected chi connectivity index (χ4v) is 2.70. The Morgan fingerprint density at radius 3 is 2.43 bits per heavy atom. The van der Waals surface area contributed by atoms with E-state index in [2.05, 4.69) is 11.4 Å². The minimum absolute atomic E-state index is 0.145. The molecular weight excluding hydrogens is 270 g/mol. The maximum Gasteiger partial charge on any atom is 0.292 e. The van der Waals surface area contributed by atoms with Crippen molar-refractivity contribution < 1.29 is 9.72 Å². The van der Waals surface area contributed by atoms with Crippen LogP contribution < -0.4 is 5.32 Å². The van der Waals surface area contributed by atoms with Crippen LogP contribution >= 0.6 is 0 Å². The molecule has 1 aromatic rings. The maximum atomic E-state index is 12.5. The molecule has 21 heavy (non-hydrogen) atoms. The summed E-state index contributed by atoms with van der Waals surface area (Å²) in [5.41, 5.74) is -1.08. The molecule has 2 rings (SSSR count). The zero-order valence-electron chi connectivity index (χ0n) is 11.7. The van der Waals surface area contributed by atoms with Crippen molar-refractivity contribution in [2.45, 2.75) is 38.5 Å². The average molecular weight is 287 g/mol. The fourth-order valence-electron chi connectivity index (χ4n) is 2.70. The van der Waals surface area contributed by atoms with E-state index in [1.54, 1.807) is 12.1 Å². The Morgan fingerprint density at radius 1 is 1.24 bits per heavy atom. The van der Waals surface area contributed by atoms with E-state index in [1.807, 2.05) is 0 Å². The number of carbonyl (C=O) groups excluding carboxylic acids is 1. The lowest BCUT2D eigenvalue weighted by molar-refractivity contribution is -0.383. The molecule has 0 unspecified atom stereocenters. The van der Waals surface area contributed by atoms with Crippen LogP contribution in [0.4, 0.5) is 11.4 Å². The Bertz CT molecular complexity index is 584. The number of hydrogen-bond donors (Lipinski definition) is 1. The molecule has 1 aliphatic carbocycles. The van der Waals surface area contributed by atoms with Gasteiger partial charge in [-0.3, -0.25) is 14.9 Å². The first kappa shape index (κ1) is 15.0. The molecule has 1 saturated carbocycles. The van der Waals surface area contributed by atoms with Crippen molar-refractivity contribution >= 4 is 17.3 Å². The van der Waals surface area contributed by atoms with E-state index in [0.29, 0.717) is 12.8 Å². The number of nitro benzene ring substituents is 1. The molecule has 6 heteroatoms. The molecule has 1 aromatic carbocycles. The van der Waals surface area contributed by atoms with Crippen molar-refractivity contribution in [1.82, 2.24) is 0 Å². The van der Waals surface area contributed by atoms with Crippen molar-refractivity contribution in [1.29, 1.82) is 5.26 Å². The van der Waals surface area contributed by atoms with Crippen LogP contribution in [0.3, 0.4) is 0 Å². The average Bonchev–Trinajstić information content (AvgIpc) is 2.74. The molecule has 1 N–H and O–H groups in total. The van der Waals surface area contributed by atoms with E-state index in [4.69, 9.17) is 0 Å². The third-order valence-corrected chi connectivity index (χ3v) is 3.95. The Kier molecular flexibility index (Phi) is 4.53. The molecule has 110 valence electrons. The number of amides is 1. The highest BCUT2D eigenvalue weighted by atomic mass is 16.6. The third-order valence-electron chi connectivity index (χ3n) is 3.95. The van der Waals surface area contributed by atoms with Gasteiger partial charge < -0.3 is 5.32 Å². The van der Waals surface area contributed by atoms with E-state index in [0.717, 1.165) is 25.7 Å². The lowest BCUT2D eigenvalue weighted by atomic mass is 9.81. The zero-order valence-corrected chi connectivity index (χ0v) is 11.7. The Balaban J connectivity index is 2.24. The number of rotatable bonds is 3. The summed E-state index contributed by atoms with van der Waals surface area (Å²) >= 11 is 0. The van der Waals surface area contributed by atoms with Gasteiger partial charge in [0.25, 0.3) is 5.69 Å². The summed E-state index contributed by atoms with van der Waals surface area (Å²) in [4.78, 5) is 22.9. The first-order valence-electron chi connectivity index (χ1n) is 7.05. The van der Waals surface area contributed by atoms with Gasteiger partial charge in [0.2, 0.25) is 5.91 Å². The first-order chi connectivity index (χ1) is 10.1. The molecule has 0 bridgehead atoms. The van der Waals surface area contributed by atoms with Crippen LogP contribution in [0.5, 0.6) is 0 Å². The Morgan fingerprint density at radius 2 is 1.86 bits per heavy atom. The van der Waals surface area contributed by atoms with Crippen molar-refractivity contribution in [3.63, 3.8) is 0 Å². The number of anilines is 1. The predicted octanol–water partition coefficient (Wildman–Crippen LogP) is 3.40. The summed E-state index contributed by atoms with van der Waals surface area (Å²) in [6.45, 7) is 0. The number of nitrogens with zero attached hydrogens (tertiary/aromatic N) is 2. The molecule has 0 atom stereocenters. The molecule has 1 fully saturated rings. The predicted molar refractivity (Wildman–Crippen MR) is 77.5 cm³/mol. The summed E-state index contributed by atoms with van der Waals surface area (Å²) in [6.07, 6.45) is 4.71.